The summed E-state index contributed by atoms with van der Waals surface area (Å²) in [4.78, 5) is 36.3. The number of ether oxygens (including phenoxy) is 2. The number of fused-ring (bicyclic) bond motifs is 1. The van der Waals surface area contributed by atoms with E-state index < -0.39 is 16.5 Å². The first-order valence-corrected chi connectivity index (χ1v) is 10.3. The van der Waals surface area contributed by atoms with Crippen LogP contribution in [0.25, 0.3) is 22.1 Å². The molecule has 0 radical (unpaired) electrons. The van der Waals surface area contributed by atoms with Gasteiger partial charge in [-0.1, -0.05) is 24.3 Å². The highest BCUT2D eigenvalue weighted by atomic mass is 16.6. The number of carbonyl (C=O) groups is 1. The molecule has 1 aromatic heterocycles. The maximum atomic E-state index is 12.9. The van der Waals surface area contributed by atoms with Gasteiger partial charge in [-0.2, -0.15) is 0 Å². The molecule has 1 amide bonds. The van der Waals surface area contributed by atoms with Crippen LogP contribution in [-0.4, -0.2) is 24.5 Å². The van der Waals surface area contributed by atoms with Crippen molar-refractivity contribution in [3.8, 4) is 22.6 Å². The summed E-state index contributed by atoms with van der Waals surface area (Å²) >= 11 is 0. The van der Waals surface area contributed by atoms with Gasteiger partial charge in [-0.3, -0.25) is 14.9 Å². The molecule has 0 saturated carbocycles. The van der Waals surface area contributed by atoms with Gasteiger partial charge in [-0.15, -0.1) is 0 Å². The quantitative estimate of drug-likeness (QED) is 0.233. The van der Waals surface area contributed by atoms with E-state index in [1.165, 1.54) is 19.2 Å². The number of nitrogens with one attached hydrogen (secondary N) is 1. The minimum atomic E-state index is -0.609. The molecule has 4 aromatic rings. The molecule has 0 saturated heterocycles. The van der Waals surface area contributed by atoms with E-state index in [-0.39, 0.29) is 29.3 Å². The third-order valence-electron chi connectivity index (χ3n) is 5.12. The van der Waals surface area contributed by atoms with Crippen molar-refractivity contribution in [2.45, 2.75) is 6.92 Å². The smallest absolute Gasteiger partial charge is 0.344 e. The predicted molar refractivity (Wildman–Crippen MR) is 127 cm³/mol. The lowest BCUT2D eigenvalue weighted by molar-refractivity contribution is -0.385. The van der Waals surface area contributed by atoms with Gasteiger partial charge in [0.25, 0.3) is 5.91 Å². The number of nitro groups is 1. The summed E-state index contributed by atoms with van der Waals surface area (Å²) < 4.78 is 16.0. The molecule has 34 heavy (non-hydrogen) atoms. The van der Waals surface area contributed by atoms with E-state index >= 15 is 0 Å². The lowest BCUT2D eigenvalue weighted by Gasteiger charge is -2.13. The molecule has 1 N–H and O–H groups in total. The van der Waals surface area contributed by atoms with E-state index in [0.29, 0.717) is 22.5 Å². The highest BCUT2D eigenvalue weighted by Crippen LogP contribution is 2.32. The van der Waals surface area contributed by atoms with Crippen LogP contribution in [0.15, 0.2) is 75.9 Å². The molecule has 0 atom stereocenters. The maximum Gasteiger partial charge on any atom is 0.344 e. The van der Waals surface area contributed by atoms with E-state index in [1.54, 1.807) is 43.3 Å². The summed E-state index contributed by atoms with van der Waals surface area (Å²) in [7, 11) is 1.44. The minimum absolute atomic E-state index is 0.0628. The molecule has 0 unspecified atom stereocenters. The largest absolute Gasteiger partial charge is 0.495 e. The first-order chi connectivity index (χ1) is 16.4. The van der Waals surface area contributed by atoms with Crippen molar-refractivity contribution >= 4 is 28.3 Å². The third-order valence-corrected chi connectivity index (χ3v) is 5.12. The number of amides is 1. The molecule has 0 fully saturated rings. The Bertz CT molecular complexity index is 1460. The Morgan fingerprint density at radius 3 is 2.56 bits per heavy atom. The Hall–Kier alpha value is -4.66. The fourth-order valence-electron chi connectivity index (χ4n) is 3.51. The van der Waals surface area contributed by atoms with Gasteiger partial charge in [0.15, 0.2) is 5.75 Å². The van der Waals surface area contributed by atoms with Gasteiger partial charge >= 0.3 is 11.3 Å². The second-order valence-corrected chi connectivity index (χ2v) is 7.23. The second-order valence-electron chi connectivity index (χ2n) is 7.23. The van der Waals surface area contributed by atoms with Gasteiger partial charge < -0.3 is 19.2 Å². The van der Waals surface area contributed by atoms with Crippen LogP contribution in [0.3, 0.4) is 0 Å². The van der Waals surface area contributed by atoms with Crippen LogP contribution in [0.5, 0.6) is 11.5 Å². The van der Waals surface area contributed by atoms with E-state index in [4.69, 9.17) is 13.9 Å². The number of hydrogen-bond donors (Lipinski definition) is 1. The molecule has 9 nitrogen and oxygen atoms in total. The molecule has 0 spiro atoms. The van der Waals surface area contributed by atoms with Gasteiger partial charge in [0.2, 0.25) is 0 Å². The molecular weight excluding hydrogens is 440 g/mol. The summed E-state index contributed by atoms with van der Waals surface area (Å²) in [6.07, 6.45) is 0. The molecule has 4 rings (SSSR count). The molecule has 0 bridgehead atoms. The summed E-state index contributed by atoms with van der Waals surface area (Å²) in [6.45, 7) is 1.96. The number of methoxy groups -OCH3 is 1. The number of nitrogens with zero attached hydrogens (tertiary/aromatic N) is 1. The number of benzene rings is 3. The number of anilines is 1. The Morgan fingerprint density at radius 1 is 1.06 bits per heavy atom. The Morgan fingerprint density at radius 2 is 1.82 bits per heavy atom. The topological polar surface area (TPSA) is 121 Å². The monoisotopic (exact) mass is 460 g/mol. The zero-order valence-electron chi connectivity index (χ0n) is 18.4. The van der Waals surface area contributed by atoms with Crippen molar-refractivity contribution in [3.05, 3.63) is 92.8 Å². The van der Waals surface area contributed by atoms with Crippen molar-refractivity contribution in [2.24, 2.45) is 0 Å². The van der Waals surface area contributed by atoms with Crippen LogP contribution in [0.2, 0.25) is 0 Å². The van der Waals surface area contributed by atoms with Gasteiger partial charge in [0.05, 0.1) is 29.9 Å². The Kier molecular flexibility index (Phi) is 6.26. The number of carbonyl (C=O) groups excluding carboxylic acids is 1. The highest BCUT2D eigenvalue weighted by Gasteiger charge is 2.20. The molecule has 3 aromatic carbocycles. The molecular formula is C25H20N2O7. The summed E-state index contributed by atoms with van der Waals surface area (Å²) in [6, 6.07) is 17.7. The van der Waals surface area contributed by atoms with Gasteiger partial charge in [-0.25, -0.2) is 4.79 Å². The van der Waals surface area contributed by atoms with Crippen molar-refractivity contribution in [1.29, 1.82) is 0 Å². The fraction of sp³-hybridized carbons (Fsp3) is 0.120. The van der Waals surface area contributed by atoms with Crippen LogP contribution < -0.4 is 20.4 Å². The Labute approximate surface area is 193 Å². The van der Waals surface area contributed by atoms with Crippen LogP contribution in [0, 0.1) is 10.1 Å². The van der Waals surface area contributed by atoms with Crippen LogP contribution in [0.4, 0.5) is 11.4 Å². The SMILES string of the molecule is CCOc1ccc(C(=O)Nc2cc(-c3cc4ccccc4oc3=O)ccc2OC)cc1[N+](=O)[O-]. The molecule has 1 heterocycles. The van der Waals surface area contributed by atoms with Crippen LogP contribution >= 0.6 is 0 Å². The molecule has 0 aliphatic carbocycles. The van der Waals surface area contributed by atoms with E-state index in [2.05, 4.69) is 5.32 Å². The molecule has 0 aliphatic heterocycles. The Balaban J connectivity index is 1.70. The number of nitro benzene ring substituents is 1. The average molecular weight is 460 g/mol. The van der Waals surface area contributed by atoms with E-state index in [9.17, 15) is 19.7 Å². The van der Waals surface area contributed by atoms with Crippen molar-refractivity contribution in [3.63, 3.8) is 0 Å². The molecule has 0 aliphatic rings. The van der Waals surface area contributed by atoms with Crippen LogP contribution in [-0.2, 0) is 0 Å². The second kappa shape index (κ2) is 9.45. The van der Waals surface area contributed by atoms with Gasteiger partial charge in [-0.05, 0) is 48.9 Å². The van der Waals surface area contributed by atoms with E-state index in [1.807, 2.05) is 12.1 Å². The standard InChI is InChI=1S/C25H20N2O7/c1-3-33-23-11-9-17(14-20(23)27(30)31)24(28)26-19-13-15(8-10-22(19)32-2)18-12-16-6-4-5-7-21(16)34-25(18)29/h4-14H,3H2,1-2H3,(H,26,28). The molecule has 9 heteroatoms. The lowest BCUT2D eigenvalue weighted by atomic mass is 10.0. The summed E-state index contributed by atoms with van der Waals surface area (Å²) in [5.74, 6) is -0.165. The van der Waals surface area contributed by atoms with Gasteiger partial charge in [0, 0.05) is 17.0 Å². The van der Waals surface area contributed by atoms with E-state index in [0.717, 1.165) is 11.5 Å². The minimum Gasteiger partial charge on any atom is -0.495 e. The predicted octanol–water partition coefficient (Wildman–Crippen LogP) is 5.03. The fourth-order valence-corrected chi connectivity index (χ4v) is 3.51. The van der Waals surface area contributed by atoms with Gasteiger partial charge in [0.1, 0.15) is 11.3 Å². The zero-order valence-corrected chi connectivity index (χ0v) is 18.4. The normalized spacial score (nSPS) is 10.6. The number of hydrogen-bond acceptors (Lipinski definition) is 7. The van der Waals surface area contributed by atoms with Crippen molar-refractivity contribution in [2.75, 3.05) is 19.0 Å². The average Bonchev–Trinajstić information content (AvgIpc) is 2.83. The highest BCUT2D eigenvalue weighted by molar-refractivity contribution is 6.06. The number of para-hydroxylation sites is 1. The lowest BCUT2D eigenvalue weighted by Crippen LogP contribution is -2.13. The third kappa shape index (κ3) is 4.44. The first-order valence-electron chi connectivity index (χ1n) is 10.3. The van der Waals surface area contributed by atoms with Crippen LogP contribution in [0.1, 0.15) is 17.3 Å². The summed E-state index contributed by atoms with van der Waals surface area (Å²) in [5.41, 5.74) is 0.798. The zero-order chi connectivity index (χ0) is 24.2. The molecule has 172 valence electrons. The van der Waals surface area contributed by atoms with Crippen molar-refractivity contribution < 1.29 is 23.6 Å². The first kappa shape index (κ1) is 22.5. The summed E-state index contributed by atoms with van der Waals surface area (Å²) in [5, 5.41) is 14.8. The maximum absolute atomic E-state index is 12.9. The number of rotatable bonds is 7. The van der Waals surface area contributed by atoms with Crippen molar-refractivity contribution in [1.82, 2.24) is 0 Å².